The summed E-state index contributed by atoms with van der Waals surface area (Å²) in [7, 11) is 3.61. The van der Waals surface area contributed by atoms with Crippen molar-refractivity contribution in [3.63, 3.8) is 0 Å². The van der Waals surface area contributed by atoms with Crippen LogP contribution in [0.1, 0.15) is 27.4 Å². The van der Waals surface area contributed by atoms with Crippen LogP contribution in [0.2, 0.25) is 0 Å². The third-order valence-electron chi connectivity index (χ3n) is 2.92. The average Bonchev–Trinajstić information content (AvgIpc) is 2.76. The average molecular weight is 326 g/mol. The quantitative estimate of drug-likeness (QED) is 0.929. The fraction of sp³-hybridized carbons (Fsp3) is 0.417. The van der Waals surface area contributed by atoms with E-state index in [1.807, 2.05) is 27.1 Å². The van der Waals surface area contributed by atoms with E-state index in [0.717, 1.165) is 21.4 Å². The summed E-state index contributed by atoms with van der Waals surface area (Å²) >= 11 is 3.39. The fourth-order valence-electron chi connectivity index (χ4n) is 1.96. The van der Waals surface area contributed by atoms with E-state index in [1.165, 1.54) is 0 Å². The van der Waals surface area contributed by atoms with Gasteiger partial charge in [-0.1, -0.05) is 0 Å². The molecule has 7 heteroatoms. The molecule has 0 aliphatic heterocycles. The predicted molar refractivity (Wildman–Crippen MR) is 74.8 cm³/mol. The second-order valence-electron chi connectivity index (χ2n) is 4.47. The fourth-order valence-corrected chi connectivity index (χ4v) is 2.48. The number of hydrogen-bond donors (Lipinski definition) is 1. The number of carbonyl (C=O) groups excluding carboxylic acids is 1. The van der Waals surface area contributed by atoms with Crippen molar-refractivity contribution in [1.29, 1.82) is 0 Å². The number of nitrogens with zero attached hydrogens (tertiary/aromatic N) is 4. The lowest BCUT2D eigenvalue weighted by atomic mass is 10.2. The molecule has 1 N–H and O–H groups in total. The van der Waals surface area contributed by atoms with E-state index in [2.05, 4.69) is 31.4 Å². The number of hydrogen-bond acceptors (Lipinski definition) is 3. The Balaban J connectivity index is 2.12. The van der Waals surface area contributed by atoms with Gasteiger partial charge in [-0.2, -0.15) is 10.2 Å². The van der Waals surface area contributed by atoms with Crippen LogP contribution >= 0.6 is 15.9 Å². The van der Waals surface area contributed by atoms with Gasteiger partial charge in [-0.3, -0.25) is 14.2 Å². The topological polar surface area (TPSA) is 64.7 Å². The van der Waals surface area contributed by atoms with Crippen molar-refractivity contribution in [2.24, 2.45) is 14.1 Å². The number of aromatic nitrogens is 4. The molecular weight excluding hydrogens is 310 g/mol. The molecule has 0 aliphatic carbocycles. The van der Waals surface area contributed by atoms with Crippen LogP contribution in [0.4, 0.5) is 0 Å². The van der Waals surface area contributed by atoms with E-state index in [1.54, 1.807) is 16.4 Å². The summed E-state index contributed by atoms with van der Waals surface area (Å²) in [5, 5.41) is 11.3. The molecule has 2 aromatic heterocycles. The monoisotopic (exact) mass is 325 g/mol. The summed E-state index contributed by atoms with van der Waals surface area (Å²) in [6, 6.07) is 0. The first-order valence-electron chi connectivity index (χ1n) is 5.86. The zero-order valence-electron chi connectivity index (χ0n) is 11.4. The van der Waals surface area contributed by atoms with Gasteiger partial charge >= 0.3 is 0 Å². The molecule has 0 saturated carbocycles. The van der Waals surface area contributed by atoms with Gasteiger partial charge in [0.05, 0.1) is 15.9 Å². The first-order chi connectivity index (χ1) is 8.90. The van der Waals surface area contributed by atoms with E-state index in [9.17, 15) is 4.79 Å². The van der Waals surface area contributed by atoms with Crippen LogP contribution in [0.25, 0.3) is 0 Å². The maximum absolute atomic E-state index is 12.2. The minimum Gasteiger partial charge on any atom is -0.346 e. The minimum absolute atomic E-state index is 0.154. The molecule has 0 aromatic carbocycles. The lowest BCUT2D eigenvalue weighted by molar-refractivity contribution is 0.0940. The van der Waals surface area contributed by atoms with Gasteiger partial charge in [0.2, 0.25) is 0 Å². The summed E-state index contributed by atoms with van der Waals surface area (Å²) in [4.78, 5) is 12.2. The van der Waals surface area contributed by atoms with Gasteiger partial charge in [-0.05, 0) is 29.8 Å². The van der Waals surface area contributed by atoms with Crippen LogP contribution in [0.15, 0.2) is 10.7 Å². The molecule has 0 atom stereocenters. The molecule has 1 amide bonds. The largest absolute Gasteiger partial charge is 0.346 e. The van der Waals surface area contributed by atoms with Crippen LogP contribution in [-0.4, -0.2) is 25.5 Å². The molecule has 0 spiro atoms. The Labute approximate surface area is 119 Å². The molecule has 0 aliphatic rings. The maximum atomic E-state index is 12.2. The normalized spacial score (nSPS) is 10.8. The summed E-state index contributed by atoms with van der Waals surface area (Å²) in [6.07, 6.45) is 1.90. The molecule has 19 heavy (non-hydrogen) atoms. The first-order valence-corrected chi connectivity index (χ1v) is 6.66. The van der Waals surface area contributed by atoms with Crippen molar-refractivity contribution in [2.45, 2.75) is 20.4 Å². The first kappa shape index (κ1) is 13.8. The molecule has 0 radical (unpaired) electrons. The summed E-state index contributed by atoms with van der Waals surface area (Å²) in [5.74, 6) is -0.154. The highest BCUT2D eigenvalue weighted by Crippen LogP contribution is 2.20. The van der Waals surface area contributed by atoms with Crippen LogP contribution in [-0.2, 0) is 20.6 Å². The van der Waals surface area contributed by atoms with Crippen molar-refractivity contribution >= 4 is 21.8 Å². The Bertz CT molecular complexity index is 628. The molecule has 102 valence electrons. The Morgan fingerprint density at radius 2 is 2.00 bits per heavy atom. The third-order valence-corrected chi connectivity index (χ3v) is 3.87. The van der Waals surface area contributed by atoms with Crippen molar-refractivity contribution in [2.75, 3.05) is 0 Å². The molecule has 6 nitrogen and oxygen atoms in total. The number of aryl methyl sites for hydroxylation is 4. The van der Waals surface area contributed by atoms with Crippen molar-refractivity contribution in [3.8, 4) is 0 Å². The molecule has 0 saturated heterocycles. The van der Waals surface area contributed by atoms with Gasteiger partial charge in [0.15, 0.2) is 0 Å². The molecule has 0 unspecified atom stereocenters. The zero-order valence-corrected chi connectivity index (χ0v) is 12.9. The number of rotatable bonds is 3. The Morgan fingerprint density at radius 3 is 2.47 bits per heavy atom. The van der Waals surface area contributed by atoms with Crippen molar-refractivity contribution in [3.05, 3.63) is 33.3 Å². The molecule has 2 rings (SSSR count). The number of carbonyl (C=O) groups is 1. The highest BCUT2D eigenvalue weighted by molar-refractivity contribution is 9.10. The molecule has 0 fully saturated rings. The van der Waals surface area contributed by atoms with Crippen molar-refractivity contribution in [1.82, 2.24) is 24.9 Å². The predicted octanol–water partition coefficient (Wildman–Crippen LogP) is 1.46. The molecule has 2 aromatic rings. The van der Waals surface area contributed by atoms with Crippen molar-refractivity contribution < 1.29 is 4.79 Å². The van der Waals surface area contributed by atoms with E-state index in [4.69, 9.17) is 0 Å². The van der Waals surface area contributed by atoms with Gasteiger partial charge < -0.3 is 5.32 Å². The van der Waals surface area contributed by atoms with Gasteiger partial charge in [0, 0.05) is 32.4 Å². The SMILES string of the molecule is Cc1nn(C)cc1CNC(=O)c1c(Br)c(C)nn1C. The van der Waals surface area contributed by atoms with Crippen LogP contribution < -0.4 is 5.32 Å². The Hall–Kier alpha value is -1.63. The van der Waals surface area contributed by atoms with Crippen LogP contribution in [0, 0.1) is 13.8 Å². The van der Waals surface area contributed by atoms with Gasteiger partial charge in [-0.25, -0.2) is 0 Å². The lowest BCUT2D eigenvalue weighted by Crippen LogP contribution is -2.25. The standard InChI is InChI=1S/C12H16BrN5O/c1-7-9(6-17(3)15-7)5-14-12(19)11-10(13)8(2)16-18(11)4/h6H,5H2,1-4H3,(H,14,19). The highest BCUT2D eigenvalue weighted by Gasteiger charge is 2.18. The minimum atomic E-state index is -0.154. The number of amides is 1. The smallest absolute Gasteiger partial charge is 0.270 e. The van der Waals surface area contributed by atoms with E-state index in [0.29, 0.717) is 12.2 Å². The van der Waals surface area contributed by atoms with E-state index >= 15 is 0 Å². The maximum Gasteiger partial charge on any atom is 0.270 e. The zero-order chi connectivity index (χ0) is 14.2. The second kappa shape index (κ2) is 5.16. The molecular formula is C12H16BrN5O. The van der Waals surface area contributed by atoms with E-state index in [-0.39, 0.29) is 5.91 Å². The lowest BCUT2D eigenvalue weighted by Gasteiger charge is -2.05. The number of halogens is 1. The van der Waals surface area contributed by atoms with Crippen LogP contribution in [0.5, 0.6) is 0 Å². The second-order valence-corrected chi connectivity index (χ2v) is 5.26. The summed E-state index contributed by atoms with van der Waals surface area (Å²) < 4.78 is 4.04. The van der Waals surface area contributed by atoms with Crippen LogP contribution in [0.3, 0.4) is 0 Å². The van der Waals surface area contributed by atoms with Gasteiger partial charge in [-0.15, -0.1) is 0 Å². The Kier molecular flexibility index (Phi) is 3.75. The molecule has 2 heterocycles. The summed E-state index contributed by atoms with van der Waals surface area (Å²) in [5.41, 5.74) is 3.25. The highest BCUT2D eigenvalue weighted by atomic mass is 79.9. The van der Waals surface area contributed by atoms with Gasteiger partial charge in [0.1, 0.15) is 5.69 Å². The Morgan fingerprint density at radius 1 is 1.32 bits per heavy atom. The molecule has 0 bridgehead atoms. The summed E-state index contributed by atoms with van der Waals surface area (Å²) in [6.45, 7) is 4.23. The van der Waals surface area contributed by atoms with E-state index < -0.39 is 0 Å². The number of nitrogens with one attached hydrogen (secondary N) is 1. The third kappa shape index (κ3) is 2.70. The van der Waals surface area contributed by atoms with Gasteiger partial charge in [0.25, 0.3) is 5.91 Å².